The third kappa shape index (κ3) is 4.79. The fourth-order valence-corrected chi connectivity index (χ4v) is 2.94. The lowest BCUT2D eigenvalue weighted by atomic mass is 10.2. The zero-order valence-electron chi connectivity index (χ0n) is 13.5. The molecule has 0 spiro atoms. The number of hydrogen-bond donors (Lipinski definition) is 0. The predicted octanol–water partition coefficient (Wildman–Crippen LogP) is 3.08. The van der Waals surface area contributed by atoms with Crippen LogP contribution in [0.25, 0.3) is 0 Å². The predicted molar refractivity (Wildman–Crippen MR) is 89.9 cm³/mol. The summed E-state index contributed by atoms with van der Waals surface area (Å²) in [5.74, 6) is 0. The van der Waals surface area contributed by atoms with E-state index >= 15 is 0 Å². The summed E-state index contributed by atoms with van der Waals surface area (Å²) in [5.41, 5.74) is 2.98. The molecule has 23 heavy (non-hydrogen) atoms. The normalized spacial score (nSPS) is 11.4. The summed E-state index contributed by atoms with van der Waals surface area (Å²) in [5, 5.41) is 1.59. The van der Waals surface area contributed by atoms with Crippen LogP contribution in [0.3, 0.4) is 0 Å². The lowest BCUT2D eigenvalue weighted by Gasteiger charge is -2.21. The third-order valence-corrected chi connectivity index (χ3v) is 4.71. The van der Waals surface area contributed by atoms with Gasteiger partial charge in [-0.1, -0.05) is 35.4 Å². The Morgan fingerprint density at radius 2 is 1.43 bits per heavy atom. The van der Waals surface area contributed by atoms with Crippen molar-refractivity contribution in [2.24, 2.45) is 0 Å². The molecule has 0 fully saturated rings. The van der Waals surface area contributed by atoms with E-state index in [1.807, 2.05) is 38.1 Å². The molecule has 0 amide bonds. The van der Waals surface area contributed by atoms with Gasteiger partial charge in [-0.3, -0.25) is 14.1 Å². The Kier molecular flexibility index (Phi) is 5.76. The van der Waals surface area contributed by atoms with E-state index in [1.54, 1.807) is 29.3 Å². The summed E-state index contributed by atoms with van der Waals surface area (Å²) in [4.78, 5) is 5.43. The molecule has 2 rings (SSSR count). The van der Waals surface area contributed by atoms with Crippen molar-refractivity contribution >= 4 is 15.8 Å². The van der Waals surface area contributed by atoms with Crippen molar-refractivity contribution in [3.63, 3.8) is 0 Å². The van der Waals surface area contributed by atoms with Crippen molar-refractivity contribution in [1.29, 1.82) is 0 Å². The van der Waals surface area contributed by atoms with Crippen LogP contribution in [0.5, 0.6) is 0 Å². The van der Waals surface area contributed by atoms with Gasteiger partial charge in [0.25, 0.3) is 10.1 Å². The smallest absolute Gasteiger partial charge is 0.277 e. The summed E-state index contributed by atoms with van der Waals surface area (Å²) >= 11 is 0. The van der Waals surface area contributed by atoms with Gasteiger partial charge in [0.15, 0.2) is 0 Å². The highest BCUT2D eigenvalue weighted by Crippen LogP contribution is 2.16. The molecule has 0 aliphatic carbocycles. The number of benzene rings is 2. The molecule has 124 valence electrons. The molecule has 0 aliphatic heterocycles. The molecule has 0 radical (unpaired) electrons. The first-order valence-corrected chi connectivity index (χ1v) is 8.67. The highest BCUT2D eigenvalue weighted by Gasteiger charge is 2.15. The molecule has 0 saturated heterocycles. The van der Waals surface area contributed by atoms with Crippen molar-refractivity contribution in [1.82, 2.24) is 0 Å². The molecule has 0 unspecified atom stereocenters. The van der Waals surface area contributed by atoms with Gasteiger partial charge in [-0.25, -0.2) is 0 Å². The molecular formula is C17H21NO4S. The van der Waals surface area contributed by atoms with Crippen molar-refractivity contribution in [3.8, 4) is 0 Å². The molecule has 0 saturated carbocycles. The summed E-state index contributed by atoms with van der Waals surface area (Å²) in [6, 6.07) is 14.3. The van der Waals surface area contributed by atoms with E-state index in [1.165, 1.54) is 7.11 Å². The minimum Gasteiger partial charge on any atom is -0.277 e. The number of hydrogen-bond acceptors (Lipinski definition) is 5. The fraction of sp³-hybridized carbons (Fsp3) is 0.294. The highest BCUT2D eigenvalue weighted by atomic mass is 32.2. The first-order chi connectivity index (χ1) is 10.9. The van der Waals surface area contributed by atoms with Gasteiger partial charge in [-0.15, -0.1) is 0 Å². The van der Waals surface area contributed by atoms with E-state index in [0.29, 0.717) is 6.54 Å². The van der Waals surface area contributed by atoms with Crippen LogP contribution < -0.4 is 5.06 Å². The van der Waals surface area contributed by atoms with Gasteiger partial charge >= 0.3 is 0 Å². The van der Waals surface area contributed by atoms with E-state index in [0.717, 1.165) is 16.8 Å². The molecule has 6 heteroatoms. The van der Waals surface area contributed by atoms with Gasteiger partial charge in [0.05, 0.1) is 30.8 Å². The molecule has 0 atom stereocenters. The second-order valence-electron chi connectivity index (χ2n) is 5.21. The number of rotatable bonds is 7. The average Bonchev–Trinajstić information content (AvgIpc) is 2.53. The van der Waals surface area contributed by atoms with E-state index in [2.05, 4.69) is 0 Å². The van der Waals surface area contributed by atoms with Crippen molar-refractivity contribution in [3.05, 3.63) is 59.7 Å². The second-order valence-corrected chi connectivity index (χ2v) is 6.82. The minimum atomic E-state index is -3.75. The van der Waals surface area contributed by atoms with Crippen LogP contribution in [-0.2, 0) is 19.1 Å². The van der Waals surface area contributed by atoms with Crippen LogP contribution in [0, 0.1) is 13.8 Å². The second kappa shape index (κ2) is 7.59. The molecule has 0 aliphatic rings. The van der Waals surface area contributed by atoms with Gasteiger partial charge in [0, 0.05) is 0 Å². The topological polar surface area (TPSA) is 55.8 Å². The van der Waals surface area contributed by atoms with Crippen LogP contribution in [0.2, 0.25) is 0 Å². The van der Waals surface area contributed by atoms with Crippen molar-refractivity contribution in [2.75, 3.05) is 25.3 Å². The lowest BCUT2D eigenvalue weighted by Crippen LogP contribution is -2.27. The van der Waals surface area contributed by atoms with Crippen molar-refractivity contribution in [2.45, 2.75) is 18.7 Å². The first kappa shape index (κ1) is 17.5. The summed E-state index contributed by atoms with van der Waals surface area (Å²) in [6.45, 7) is 4.19. The van der Waals surface area contributed by atoms with Gasteiger partial charge in [-0.2, -0.15) is 8.42 Å². The Hall–Kier alpha value is -1.89. The van der Waals surface area contributed by atoms with Gasteiger partial charge in [-0.05, 0) is 38.1 Å². The average molecular weight is 335 g/mol. The van der Waals surface area contributed by atoms with E-state index in [-0.39, 0.29) is 11.5 Å². The zero-order valence-corrected chi connectivity index (χ0v) is 14.3. The number of aryl methyl sites for hydroxylation is 2. The standard InChI is InChI=1S/C17H21NO4S/c1-14-4-8-16(9-5-14)18(21-3)12-13-22-23(19,20)17-10-6-15(2)7-11-17/h4-11H,12-13H2,1-3H3. The molecule has 5 nitrogen and oxygen atoms in total. The lowest BCUT2D eigenvalue weighted by molar-refractivity contribution is 0.153. The quantitative estimate of drug-likeness (QED) is 0.575. The maximum atomic E-state index is 12.1. The number of anilines is 1. The number of nitrogens with zero attached hydrogens (tertiary/aromatic N) is 1. The monoisotopic (exact) mass is 335 g/mol. The van der Waals surface area contributed by atoms with Crippen LogP contribution in [-0.4, -0.2) is 28.7 Å². The summed E-state index contributed by atoms with van der Waals surface area (Å²) in [7, 11) is -2.22. The molecule has 2 aromatic rings. The highest BCUT2D eigenvalue weighted by molar-refractivity contribution is 7.86. The Morgan fingerprint density at radius 3 is 1.96 bits per heavy atom. The van der Waals surface area contributed by atoms with Gasteiger partial charge < -0.3 is 0 Å². The largest absolute Gasteiger partial charge is 0.297 e. The maximum Gasteiger partial charge on any atom is 0.297 e. The van der Waals surface area contributed by atoms with Crippen LogP contribution >= 0.6 is 0 Å². The van der Waals surface area contributed by atoms with E-state index in [9.17, 15) is 8.42 Å². The molecular weight excluding hydrogens is 314 g/mol. The van der Waals surface area contributed by atoms with Crippen LogP contribution in [0.4, 0.5) is 5.69 Å². The Bertz CT molecular complexity index is 724. The molecule has 0 aromatic heterocycles. The first-order valence-electron chi connectivity index (χ1n) is 7.27. The Morgan fingerprint density at radius 1 is 0.913 bits per heavy atom. The SMILES string of the molecule is CON(CCOS(=O)(=O)c1ccc(C)cc1)c1ccc(C)cc1. The number of hydroxylamine groups is 1. The zero-order chi connectivity index (χ0) is 16.9. The van der Waals surface area contributed by atoms with E-state index in [4.69, 9.17) is 9.02 Å². The summed E-state index contributed by atoms with van der Waals surface area (Å²) < 4.78 is 29.3. The molecule has 0 N–H and O–H groups in total. The minimum absolute atomic E-state index is 0.00206. The van der Waals surface area contributed by atoms with Crippen LogP contribution in [0.15, 0.2) is 53.4 Å². The van der Waals surface area contributed by atoms with Gasteiger partial charge in [0.1, 0.15) is 0 Å². The molecule has 2 aromatic carbocycles. The third-order valence-electron chi connectivity index (χ3n) is 3.38. The Balaban J connectivity index is 1.97. The fourth-order valence-electron chi connectivity index (χ4n) is 2.04. The van der Waals surface area contributed by atoms with Crippen molar-refractivity contribution < 1.29 is 17.4 Å². The van der Waals surface area contributed by atoms with E-state index < -0.39 is 10.1 Å². The van der Waals surface area contributed by atoms with Crippen LogP contribution in [0.1, 0.15) is 11.1 Å². The maximum absolute atomic E-state index is 12.1. The Labute approximate surface area is 137 Å². The molecule has 0 heterocycles. The van der Waals surface area contributed by atoms with Gasteiger partial charge in [0.2, 0.25) is 0 Å². The summed E-state index contributed by atoms with van der Waals surface area (Å²) in [6.07, 6.45) is 0. The molecule has 0 bridgehead atoms.